The first-order valence-corrected chi connectivity index (χ1v) is 13.6. The molecule has 1 amide bonds. The molecule has 0 aliphatic carbocycles. The highest BCUT2D eigenvalue weighted by molar-refractivity contribution is 5.92. The predicted molar refractivity (Wildman–Crippen MR) is 151 cm³/mol. The molecule has 8 nitrogen and oxygen atoms in total. The summed E-state index contributed by atoms with van der Waals surface area (Å²) in [6, 6.07) is 9.07. The lowest BCUT2D eigenvalue weighted by Crippen LogP contribution is -2.41. The Morgan fingerprint density at radius 1 is 1.00 bits per heavy atom. The molecule has 0 spiro atoms. The SMILES string of the molecule is COCCCOc1cc(C[C@@H](C[C@H](N)[C@@H](O)C[C@H](C(=O)Nc2ccncc2)C(C)C)C(C)C)ccc1OC. The molecule has 0 saturated heterocycles. The molecule has 8 heteroatoms. The molecule has 0 aliphatic heterocycles. The number of hydrogen-bond acceptors (Lipinski definition) is 7. The fraction of sp³-hybridized carbons (Fsp3) is 0.600. The maximum Gasteiger partial charge on any atom is 0.227 e. The molecule has 1 aromatic heterocycles. The first-order chi connectivity index (χ1) is 18.2. The van der Waals surface area contributed by atoms with E-state index in [2.05, 4.69) is 30.2 Å². The van der Waals surface area contributed by atoms with Crippen LogP contribution in [-0.2, 0) is 16.0 Å². The maximum atomic E-state index is 13.0. The van der Waals surface area contributed by atoms with E-state index in [1.807, 2.05) is 26.0 Å². The quantitative estimate of drug-likeness (QED) is 0.254. The van der Waals surface area contributed by atoms with E-state index in [9.17, 15) is 9.90 Å². The second kappa shape index (κ2) is 16.3. The summed E-state index contributed by atoms with van der Waals surface area (Å²) in [6.45, 7) is 9.52. The molecule has 0 unspecified atom stereocenters. The van der Waals surface area contributed by atoms with Crippen LogP contribution in [0.25, 0.3) is 0 Å². The van der Waals surface area contributed by atoms with Gasteiger partial charge in [0.2, 0.25) is 5.91 Å². The highest BCUT2D eigenvalue weighted by Gasteiger charge is 2.30. The van der Waals surface area contributed by atoms with Gasteiger partial charge in [0.05, 0.1) is 19.8 Å². The van der Waals surface area contributed by atoms with Crippen LogP contribution in [0, 0.1) is 23.7 Å². The Morgan fingerprint density at radius 2 is 1.71 bits per heavy atom. The van der Waals surface area contributed by atoms with Crippen molar-refractivity contribution in [1.29, 1.82) is 0 Å². The van der Waals surface area contributed by atoms with Gasteiger partial charge >= 0.3 is 0 Å². The van der Waals surface area contributed by atoms with E-state index in [1.54, 1.807) is 38.7 Å². The minimum atomic E-state index is -0.789. The van der Waals surface area contributed by atoms with Crippen molar-refractivity contribution in [3.63, 3.8) is 0 Å². The molecule has 38 heavy (non-hydrogen) atoms. The molecule has 0 saturated carbocycles. The summed E-state index contributed by atoms with van der Waals surface area (Å²) in [7, 11) is 3.31. The Labute approximate surface area is 228 Å². The largest absolute Gasteiger partial charge is 0.493 e. The average Bonchev–Trinajstić information content (AvgIpc) is 2.89. The van der Waals surface area contributed by atoms with Gasteiger partial charge in [0.1, 0.15) is 0 Å². The summed E-state index contributed by atoms with van der Waals surface area (Å²) < 4.78 is 16.5. The van der Waals surface area contributed by atoms with Gasteiger partial charge in [-0.1, -0.05) is 33.8 Å². The molecule has 0 bridgehead atoms. The van der Waals surface area contributed by atoms with E-state index < -0.39 is 12.1 Å². The lowest BCUT2D eigenvalue weighted by atomic mass is 9.81. The zero-order valence-electron chi connectivity index (χ0n) is 23.9. The number of amides is 1. The van der Waals surface area contributed by atoms with E-state index in [4.69, 9.17) is 19.9 Å². The number of nitrogens with one attached hydrogen (secondary N) is 1. The molecule has 2 aromatic rings. The molecule has 4 N–H and O–H groups in total. The molecular formula is C30H47N3O5. The van der Waals surface area contributed by atoms with E-state index >= 15 is 0 Å². The van der Waals surface area contributed by atoms with Crippen LogP contribution in [-0.4, -0.2) is 55.6 Å². The standard InChI is InChI=1S/C30H47N3O5/c1-20(2)23(16-22-8-9-28(37-6)29(17-22)38-15-7-14-36-5)18-26(31)27(34)19-25(21(3)4)30(35)33-24-10-12-32-13-11-24/h8-13,17,20-21,23,25-27,34H,7,14-16,18-19,31H2,1-6H3,(H,32,33,35)/t23-,25-,26-,27-/m0/s1. The van der Waals surface area contributed by atoms with Gasteiger partial charge in [-0.25, -0.2) is 0 Å². The van der Waals surface area contributed by atoms with Crippen molar-refractivity contribution in [1.82, 2.24) is 4.98 Å². The minimum Gasteiger partial charge on any atom is -0.493 e. The van der Waals surface area contributed by atoms with Gasteiger partial charge in [0.25, 0.3) is 0 Å². The zero-order valence-corrected chi connectivity index (χ0v) is 23.9. The van der Waals surface area contributed by atoms with Crippen LogP contribution in [0.15, 0.2) is 42.7 Å². The maximum absolute atomic E-state index is 13.0. The number of hydrogen-bond donors (Lipinski definition) is 3. The van der Waals surface area contributed by atoms with Crippen LogP contribution < -0.4 is 20.5 Å². The third kappa shape index (κ3) is 10.2. The normalized spacial score (nSPS) is 14.7. The van der Waals surface area contributed by atoms with Gasteiger partial charge in [-0.05, 0) is 66.8 Å². The topological polar surface area (TPSA) is 116 Å². The summed E-state index contributed by atoms with van der Waals surface area (Å²) in [5.41, 5.74) is 8.35. The van der Waals surface area contributed by atoms with Crippen LogP contribution >= 0.6 is 0 Å². The summed E-state index contributed by atoms with van der Waals surface area (Å²) in [4.78, 5) is 17.0. The summed E-state index contributed by atoms with van der Waals surface area (Å²) in [6.07, 6.45) is 5.03. The number of nitrogens with two attached hydrogens (primary N) is 1. The predicted octanol–water partition coefficient (Wildman–Crippen LogP) is 4.70. The number of ether oxygens (including phenoxy) is 3. The van der Waals surface area contributed by atoms with Crippen molar-refractivity contribution in [3.8, 4) is 11.5 Å². The number of pyridine rings is 1. The highest BCUT2D eigenvalue weighted by Crippen LogP contribution is 2.32. The number of rotatable bonds is 17. The van der Waals surface area contributed by atoms with Crippen molar-refractivity contribution < 1.29 is 24.1 Å². The number of methoxy groups -OCH3 is 2. The number of benzene rings is 1. The molecule has 2 rings (SSSR count). The number of aliphatic hydroxyl groups excluding tert-OH is 1. The Bertz CT molecular complexity index is 954. The summed E-state index contributed by atoms with van der Waals surface area (Å²) in [5.74, 6) is 1.60. The van der Waals surface area contributed by atoms with Crippen LogP contribution in [0.4, 0.5) is 5.69 Å². The second-order valence-corrected chi connectivity index (χ2v) is 10.7. The lowest BCUT2D eigenvalue weighted by molar-refractivity contribution is -0.122. The number of anilines is 1. The second-order valence-electron chi connectivity index (χ2n) is 10.7. The number of aliphatic hydroxyl groups is 1. The van der Waals surface area contributed by atoms with Crippen LogP contribution in [0.1, 0.15) is 52.5 Å². The molecule has 212 valence electrons. The lowest BCUT2D eigenvalue weighted by Gasteiger charge is -2.30. The Hall–Kier alpha value is -2.68. The zero-order chi connectivity index (χ0) is 28.1. The van der Waals surface area contributed by atoms with Crippen molar-refractivity contribution in [2.45, 2.75) is 65.5 Å². The third-order valence-electron chi connectivity index (χ3n) is 7.07. The highest BCUT2D eigenvalue weighted by atomic mass is 16.5. The number of nitrogens with zero attached hydrogens (tertiary/aromatic N) is 1. The Kier molecular flexibility index (Phi) is 13.5. The monoisotopic (exact) mass is 529 g/mol. The summed E-state index contributed by atoms with van der Waals surface area (Å²) >= 11 is 0. The van der Waals surface area contributed by atoms with Crippen LogP contribution in [0.5, 0.6) is 11.5 Å². The van der Waals surface area contributed by atoms with Crippen molar-refractivity contribution >= 4 is 11.6 Å². The molecule has 1 aromatic carbocycles. The fourth-order valence-electron chi connectivity index (χ4n) is 4.53. The Morgan fingerprint density at radius 3 is 2.32 bits per heavy atom. The van der Waals surface area contributed by atoms with E-state index in [0.29, 0.717) is 49.2 Å². The van der Waals surface area contributed by atoms with Gasteiger partial charge in [-0.3, -0.25) is 9.78 Å². The number of aromatic nitrogens is 1. The van der Waals surface area contributed by atoms with Gasteiger partial charge in [-0.15, -0.1) is 0 Å². The molecular weight excluding hydrogens is 482 g/mol. The van der Waals surface area contributed by atoms with Crippen LogP contribution in [0.3, 0.4) is 0 Å². The first kappa shape index (κ1) is 31.5. The van der Waals surface area contributed by atoms with Gasteiger partial charge in [0, 0.05) is 50.2 Å². The van der Waals surface area contributed by atoms with E-state index in [1.165, 1.54) is 0 Å². The Balaban J connectivity index is 2.03. The van der Waals surface area contributed by atoms with Crippen LogP contribution in [0.2, 0.25) is 0 Å². The molecule has 1 heterocycles. The van der Waals surface area contributed by atoms with E-state index in [-0.39, 0.29) is 23.7 Å². The van der Waals surface area contributed by atoms with Gasteiger partial charge in [0.15, 0.2) is 11.5 Å². The van der Waals surface area contributed by atoms with Crippen molar-refractivity contribution in [2.75, 3.05) is 32.8 Å². The molecule has 0 aliphatic rings. The third-order valence-corrected chi connectivity index (χ3v) is 7.07. The van der Waals surface area contributed by atoms with Gasteiger partial charge in [-0.2, -0.15) is 0 Å². The number of carbonyl (C=O) groups is 1. The number of carbonyl (C=O) groups excluding carboxylic acids is 1. The van der Waals surface area contributed by atoms with Crippen molar-refractivity contribution in [3.05, 3.63) is 48.3 Å². The molecule has 0 fully saturated rings. The smallest absolute Gasteiger partial charge is 0.227 e. The fourth-order valence-corrected chi connectivity index (χ4v) is 4.53. The average molecular weight is 530 g/mol. The van der Waals surface area contributed by atoms with Gasteiger partial charge < -0.3 is 30.4 Å². The molecule has 4 atom stereocenters. The first-order valence-electron chi connectivity index (χ1n) is 13.6. The van der Waals surface area contributed by atoms with Crippen molar-refractivity contribution in [2.24, 2.45) is 29.4 Å². The van der Waals surface area contributed by atoms with E-state index in [0.717, 1.165) is 18.4 Å². The molecule has 0 radical (unpaired) electrons. The minimum absolute atomic E-state index is 0.0567. The summed E-state index contributed by atoms with van der Waals surface area (Å²) in [5, 5.41) is 14.0.